The molecule has 4 rings (SSSR count). The molecule has 1 aliphatic carbocycles. The van der Waals surface area contributed by atoms with Crippen LogP contribution in [-0.2, 0) is 15.3 Å². The zero-order chi connectivity index (χ0) is 11.6. The van der Waals surface area contributed by atoms with Crippen LogP contribution < -0.4 is 0 Å². The predicted molar refractivity (Wildman–Crippen MR) is 69.8 cm³/mol. The molecule has 0 amide bonds. The molecular weight excluding hydrogens is 252 g/mol. The number of hydrogen-bond acceptors (Lipinski definition) is 4. The largest absolute Gasteiger partial charge is 0.340 e. The third-order valence-electron chi connectivity index (χ3n) is 3.32. The van der Waals surface area contributed by atoms with Crippen LogP contribution in [0.25, 0.3) is 9.75 Å². The van der Waals surface area contributed by atoms with E-state index in [9.17, 15) is 0 Å². The van der Waals surface area contributed by atoms with E-state index in [1.807, 2.05) is 22.7 Å². The number of aryl methyl sites for hydroxylation is 2. The summed E-state index contributed by atoms with van der Waals surface area (Å²) in [6.07, 6.45) is 0. The molecule has 17 heavy (non-hydrogen) atoms. The molecule has 0 bridgehead atoms. The van der Waals surface area contributed by atoms with Gasteiger partial charge in [-0.3, -0.25) is 0 Å². The zero-order valence-corrected chi connectivity index (χ0v) is 11.3. The van der Waals surface area contributed by atoms with Gasteiger partial charge >= 0.3 is 0 Å². The number of fused-ring (bicyclic) bond motifs is 5. The first kappa shape index (κ1) is 10.3. The molecular formula is C13H12O2S2. The number of ether oxygens (including phenoxy) is 2. The molecule has 0 N–H and O–H groups in total. The second-order valence-electron chi connectivity index (χ2n) is 4.51. The van der Waals surface area contributed by atoms with Crippen molar-refractivity contribution in [3.63, 3.8) is 0 Å². The fourth-order valence-corrected chi connectivity index (χ4v) is 4.98. The lowest BCUT2D eigenvalue weighted by molar-refractivity contribution is -0.126. The highest BCUT2D eigenvalue weighted by Crippen LogP contribution is 2.57. The summed E-state index contributed by atoms with van der Waals surface area (Å²) in [5.41, 5.74) is 2.44. The van der Waals surface area contributed by atoms with Gasteiger partial charge in [0.2, 0.25) is 5.79 Å². The minimum Gasteiger partial charge on any atom is -0.340 e. The minimum atomic E-state index is -0.583. The topological polar surface area (TPSA) is 18.5 Å². The molecule has 88 valence electrons. The Hall–Kier alpha value is -0.680. The maximum Gasteiger partial charge on any atom is 0.225 e. The van der Waals surface area contributed by atoms with E-state index < -0.39 is 5.79 Å². The van der Waals surface area contributed by atoms with Crippen molar-refractivity contribution in [1.82, 2.24) is 0 Å². The molecule has 1 aliphatic heterocycles. The molecule has 0 aromatic carbocycles. The van der Waals surface area contributed by atoms with Gasteiger partial charge in [-0.05, 0) is 26.0 Å². The molecule has 0 unspecified atom stereocenters. The van der Waals surface area contributed by atoms with E-state index in [1.54, 1.807) is 0 Å². The van der Waals surface area contributed by atoms with E-state index in [0.717, 1.165) is 0 Å². The number of hydrogen-bond donors (Lipinski definition) is 0. The first-order valence-corrected chi connectivity index (χ1v) is 7.34. The summed E-state index contributed by atoms with van der Waals surface area (Å²) in [5.74, 6) is -0.583. The standard InChI is InChI=1S/C13H12O2S2/c1-7-5-9-11(16-7)12-10(6-8(2)17-12)13(9)14-3-4-15-13/h5-6H,3-4H2,1-2H3. The van der Waals surface area contributed by atoms with Crippen molar-refractivity contribution in [2.24, 2.45) is 0 Å². The Bertz CT molecular complexity index is 555. The first-order valence-electron chi connectivity index (χ1n) is 5.71. The van der Waals surface area contributed by atoms with Crippen molar-refractivity contribution in [3.05, 3.63) is 33.0 Å². The first-order chi connectivity index (χ1) is 8.21. The van der Waals surface area contributed by atoms with Gasteiger partial charge in [0, 0.05) is 20.9 Å². The van der Waals surface area contributed by atoms with E-state index in [1.165, 1.54) is 30.6 Å². The van der Waals surface area contributed by atoms with Crippen LogP contribution in [0, 0.1) is 13.8 Å². The molecule has 1 saturated heterocycles. The molecule has 2 nitrogen and oxygen atoms in total. The van der Waals surface area contributed by atoms with Gasteiger partial charge in [0.05, 0.1) is 23.0 Å². The molecule has 2 aromatic rings. The lowest BCUT2D eigenvalue weighted by Gasteiger charge is -2.22. The number of rotatable bonds is 0. The lowest BCUT2D eigenvalue weighted by Crippen LogP contribution is -2.25. The summed E-state index contributed by atoms with van der Waals surface area (Å²) in [5, 5.41) is 0. The van der Waals surface area contributed by atoms with Crippen LogP contribution in [0.4, 0.5) is 0 Å². The van der Waals surface area contributed by atoms with E-state index >= 15 is 0 Å². The second kappa shape index (κ2) is 3.20. The van der Waals surface area contributed by atoms with Gasteiger partial charge in [-0.15, -0.1) is 22.7 Å². The van der Waals surface area contributed by atoms with Crippen molar-refractivity contribution in [2.45, 2.75) is 19.6 Å². The van der Waals surface area contributed by atoms with Crippen LogP contribution in [0.5, 0.6) is 0 Å². The Morgan fingerprint density at radius 1 is 0.941 bits per heavy atom. The average molecular weight is 264 g/mol. The fourth-order valence-electron chi connectivity index (χ4n) is 2.72. The van der Waals surface area contributed by atoms with Crippen molar-refractivity contribution in [1.29, 1.82) is 0 Å². The Morgan fingerprint density at radius 3 is 1.88 bits per heavy atom. The highest BCUT2D eigenvalue weighted by atomic mass is 32.1. The molecule has 0 atom stereocenters. The normalized spacial score (nSPS) is 19.9. The molecule has 2 aliphatic rings. The Kier molecular flexibility index (Phi) is 1.93. The summed E-state index contributed by atoms with van der Waals surface area (Å²) >= 11 is 3.69. The molecule has 0 radical (unpaired) electrons. The third-order valence-corrected chi connectivity index (χ3v) is 5.59. The van der Waals surface area contributed by atoms with E-state index in [-0.39, 0.29) is 0 Å². The van der Waals surface area contributed by atoms with Crippen molar-refractivity contribution in [3.8, 4) is 9.75 Å². The summed E-state index contributed by atoms with van der Waals surface area (Å²) in [4.78, 5) is 5.34. The summed E-state index contributed by atoms with van der Waals surface area (Å²) in [6.45, 7) is 5.66. The Morgan fingerprint density at radius 2 is 1.41 bits per heavy atom. The molecule has 1 fully saturated rings. The highest BCUT2D eigenvalue weighted by molar-refractivity contribution is 7.22. The second-order valence-corrected chi connectivity index (χ2v) is 7.03. The molecule has 1 spiro atoms. The van der Waals surface area contributed by atoms with E-state index in [4.69, 9.17) is 9.47 Å². The van der Waals surface area contributed by atoms with Gasteiger partial charge in [0.1, 0.15) is 0 Å². The SMILES string of the molecule is Cc1cc2c(s1)-c1sc(C)cc1C21OCCO1. The molecule has 4 heteroatoms. The summed E-state index contributed by atoms with van der Waals surface area (Å²) < 4.78 is 11.9. The van der Waals surface area contributed by atoms with E-state index in [2.05, 4.69) is 26.0 Å². The lowest BCUT2D eigenvalue weighted by atomic mass is 10.1. The van der Waals surface area contributed by atoms with Crippen LogP contribution in [0.1, 0.15) is 20.9 Å². The van der Waals surface area contributed by atoms with Gasteiger partial charge in [-0.1, -0.05) is 0 Å². The van der Waals surface area contributed by atoms with Crippen LogP contribution in [0.2, 0.25) is 0 Å². The molecule has 3 heterocycles. The van der Waals surface area contributed by atoms with Crippen LogP contribution in [-0.4, -0.2) is 13.2 Å². The van der Waals surface area contributed by atoms with Crippen molar-refractivity contribution >= 4 is 22.7 Å². The molecule has 2 aromatic heterocycles. The van der Waals surface area contributed by atoms with Gasteiger partial charge in [0.25, 0.3) is 0 Å². The zero-order valence-electron chi connectivity index (χ0n) is 9.70. The summed E-state index contributed by atoms with van der Waals surface area (Å²) in [7, 11) is 0. The summed E-state index contributed by atoms with van der Waals surface area (Å²) in [6, 6.07) is 4.43. The maximum atomic E-state index is 5.97. The quantitative estimate of drug-likeness (QED) is 0.723. The van der Waals surface area contributed by atoms with Gasteiger partial charge in [-0.25, -0.2) is 0 Å². The number of thiophene rings is 2. The monoisotopic (exact) mass is 264 g/mol. The fraction of sp³-hybridized carbons (Fsp3) is 0.385. The maximum absolute atomic E-state index is 5.97. The van der Waals surface area contributed by atoms with Gasteiger partial charge in [-0.2, -0.15) is 0 Å². The van der Waals surface area contributed by atoms with Crippen molar-refractivity contribution < 1.29 is 9.47 Å². The van der Waals surface area contributed by atoms with Crippen molar-refractivity contribution in [2.75, 3.05) is 13.2 Å². The predicted octanol–water partition coefficient (Wildman–Crippen LogP) is 3.65. The Balaban J connectivity index is 2.06. The van der Waals surface area contributed by atoms with Crippen LogP contribution in [0.3, 0.4) is 0 Å². The van der Waals surface area contributed by atoms with Crippen LogP contribution >= 0.6 is 22.7 Å². The van der Waals surface area contributed by atoms with Gasteiger partial charge in [0.15, 0.2) is 0 Å². The highest BCUT2D eigenvalue weighted by Gasteiger charge is 2.50. The third kappa shape index (κ3) is 1.16. The van der Waals surface area contributed by atoms with Gasteiger partial charge < -0.3 is 9.47 Å². The minimum absolute atomic E-state index is 0.583. The van der Waals surface area contributed by atoms with E-state index in [0.29, 0.717) is 13.2 Å². The van der Waals surface area contributed by atoms with Crippen LogP contribution in [0.15, 0.2) is 12.1 Å². The smallest absolute Gasteiger partial charge is 0.225 e. The molecule has 0 saturated carbocycles. The Labute approximate surface area is 108 Å². The average Bonchev–Trinajstić information content (AvgIpc) is 2.96.